The molecule has 0 bridgehead atoms. The van der Waals surface area contributed by atoms with E-state index >= 15 is 0 Å². The van der Waals surface area contributed by atoms with Crippen molar-refractivity contribution in [3.63, 3.8) is 0 Å². The van der Waals surface area contributed by atoms with Gasteiger partial charge in [0.05, 0.1) is 11.5 Å². The second kappa shape index (κ2) is 5.12. The first-order valence-corrected chi connectivity index (χ1v) is 5.65. The summed E-state index contributed by atoms with van der Waals surface area (Å²) in [4.78, 5) is 12.7. The Morgan fingerprint density at radius 2 is 2.12 bits per heavy atom. The summed E-state index contributed by atoms with van der Waals surface area (Å²) >= 11 is 0. The maximum absolute atomic E-state index is 10.8. The maximum atomic E-state index is 10.8. The number of nitrogens with one attached hydrogen (secondary N) is 1. The van der Waals surface area contributed by atoms with Gasteiger partial charge in [0.25, 0.3) is 0 Å². The SMILES string of the molecule is CN(C)CC(C)(O)CNC1CCC1C(=O)O. The van der Waals surface area contributed by atoms with Crippen molar-refractivity contribution in [2.75, 3.05) is 27.2 Å². The molecule has 5 nitrogen and oxygen atoms in total. The van der Waals surface area contributed by atoms with Crippen molar-refractivity contribution in [3.05, 3.63) is 0 Å². The zero-order valence-corrected chi connectivity index (χ0v) is 10.2. The Kier molecular flexibility index (Phi) is 4.29. The lowest BCUT2D eigenvalue weighted by Crippen LogP contribution is -2.54. The van der Waals surface area contributed by atoms with E-state index in [4.69, 9.17) is 5.11 Å². The quantitative estimate of drug-likeness (QED) is 0.587. The predicted octanol–water partition coefficient (Wildman–Crippen LogP) is -0.248. The van der Waals surface area contributed by atoms with Crippen LogP contribution >= 0.6 is 0 Å². The monoisotopic (exact) mass is 230 g/mol. The highest BCUT2D eigenvalue weighted by molar-refractivity contribution is 5.72. The highest BCUT2D eigenvalue weighted by Crippen LogP contribution is 2.27. The van der Waals surface area contributed by atoms with Crippen LogP contribution in [0, 0.1) is 5.92 Å². The van der Waals surface area contributed by atoms with E-state index in [9.17, 15) is 9.90 Å². The van der Waals surface area contributed by atoms with Gasteiger partial charge in [-0.3, -0.25) is 4.79 Å². The number of aliphatic hydroxyl groups is 1. The second-order valence-electron chi connectivity index (χ2n) is 5.24. The number of likely N-dealkylation sites (N-methyl/N-ethyl adjacent to an activating group) is 1. The molecule has 3 N–H and O–H groups in total. The van der Waals surface area contributed by atoms with Crippen LogP contribution in [0.5, 0.6) is 0 Å². The largest absolute Gasteiger partial charge is 0.481 e. The Labute approximate surface area is 96.4 Å². The molecule has 1 aliphatic carbocycles. The van der Waals surface area contributed by atoms with Gasteiger partial charge >= 0.3 is 5.97 Å². The standard InChI is InChI=1S/C11H22N2O3/c1-11(16,7-13(2)3)6-12-9-5-4-8(9)10(14)15/h8-9,12,16H,4-7H2,1-3H3,(H,14,15). The lowest BCUT2D eigenvalue weighted by Gasteiger charge is -2.37. The Balaban J connectivity index is 2.31. The van der Waals surface area contributed by atoms with Gasteiger partial charge in [-0.1, -0.05) is 0 Å². The van der Waals surface area contributed by atoms with Crippen LogP contribution in [-0.2, 0) is 4.79 Å². The molecule has 1 aliphatic rings. The van der Waals surface area contributed by atoms with Crippen LogP contribution in [0.3, 0.4) is 0 Å². The average molecular weight is 230 g/mol. The van der Waals surface area contributed by atoms with Crippen molar-refractivity contribution in [2.45, 2.75) is 31.4 Å². The molecule has 1 saturated carbocycles. The summed E-state index contributed by atoms with van der Waals surface area (Å²) in [5, 5.41) is 22.0. The maximum Gasteiger partial charge on any atom is 0.308 e. The fraction of sp³-hybridized carbons (Fsp3) is 0.909. The third kappa shape index (κ3) is 3.73. The number of carboxylic acids is 1. The molecular weight excluding hydrogens is 208 g/mol. The lowest BCUT2D eigenvalue weighted by atomic mass is 9.79. The molecule has 16 heavy (non-hydrogen) atoms. The highest BCUT2D eigenvalue weighted by Gasteiger charge is 2.37. The van der Waals surface area contributed by atoms with Gasteiger partial charge in [-0.25, -0.2) is 0 Å². The summed E-state index contributed by atoms with van der Waals surface area (Å²) in [6.07, 6.45) is 1.62. The first-order valence-electron chi connectivity index (χ1n) is 5.65. The van der Waals surface area contributed by atoms with Crippen LogP contribution in [0.4, 0.5) is 0 Å². The third-order valence-electron chi connectivity index (χ3n) is 2.99. The summed E-state index contributed by atoms with van der Waals surface area (Å²) in [6.45, 7) is 2.75. The Morgan fingerprint density at radius 3 is 2.50 bits per heavy atom. The van der Waals surface area contributed by atoms with Crippen LogP contribution < -0.4 is 5.32 Å². The molecule has 0 aromatic rings. The number of hydrogen-bond donors (Lipinski definition) is 3. The molecule has 3 unspecified atom stereocenters. The number of nitrogens with zero attached hydrogens (tertiary/aromatic N) is 1. The van der Waals surface area contributed by atoms with Crippen molar-refractivity contribution in [1.29, 1.82) is 0 Å². The first-order chi connectivity index (χ1) is 7.32. The number of rotatable bonds is 6. The fourth-order valence-electron chi connectivity index (χ4n) is 2.13. The Morgan fingerprint density at radius 1 is 1.50 bits per heavy atom. The second-order valence-corrected chi connectivity index (χ2v) is 5.24. The molecular formula is C11H22N2O3. The van der Waals surface area contributed by atoms with E-state index in [1.165, 1.54) is 0 Å². The van der Waals surface area contributed by atoms with Crippen LogP contribution in [0.25, 0.3) is 0 Å². The Bertz CT molecular complexity index is 254. The predicted molar refractivity (Wildman–Crippen MR) is 61.3 cm³/mol. The minimum Gasteiger partial charge on any atom is -0.481 e. The van der Waals surface area contributed by atoms with Crippen molar-refractivity contribution >= 4 is 5.97 Å². The van der Waals surface area contributed by atoms with E-state index in [2.05, 4.69) is 5.32 Å². The van der Waals surface area contributed by atoms with Gasteiger partial charge in [0.2, 0.25) is 0 Å². The third-order valence-corrected chi connectivity index (χ3v) is 2.99. The van der Waals surface area contributed by atoms with E-state index in [0.29, 0.717) is 13.1 Å². The number of carbonyl (C=O) groups is 1. The molecule has 0 saturated heterocycles. The lowest BCUT2D eigenvalue weighted by molar-refractivity contribution is -0.146. The summed E-state index contributed by atoms with van der Waals surface area (Å²) in [5.41, 5.74) is -0.817. The molecule has 0 aromatic heterocycles. The molecule has 0 radical (unpaired) electrons. The summed E-state index contributed by atoms with van der Waals surface area (Å²) < 4.78 is 0. The molecule has 3 atom stereocenters. The van der Waals surface area contributed by atoms with Crippen LogP contribution in [0.2, 0.25) is 0 Å². The van der Waals surface area contributed by atoms with E-state index in [0.717, 1.165) is 12.8 Å². The number of hydrogen-bond acceptors (Lipinski definition) is 4. The zero-order valence-electron chi connectivity index (χ0n) is 10.2. The molecule has 0 heterocycles. The van der Waals surface area contributed by atoms with E-state index in [1.807, 2.05) is 19.0 Å². The van der Waals surface area contributed by atoms with Crippen LogP contribution in [0.1, 0.15) is 19.8 Å². The molecule has 94 valence electrons. The smallest absolute Gasteiger partial charge is 0.308 e. The van der Waals surface area contributed by atoms with Crippen LogP contribution in [0.15, 0.2) is 0 Å². The van der Waals surface area contributed by atoms with Crippen molar-refractivity contribution in [2.24, 2.45) is 5.92 Å². The molecule has 0 aromatic carbocycles. The molecule has 0 spiro atoms. The normalized spacial score (nSPS) is 28.6. The van der Waals surface area contributed by atoms with Gasteiger partial charge in [-0.05, 0) is 33.9 Å². The van der Waals surface area contributed by atoms with Crippen molar-refractivity contribution < 1.29 is 15.0 Å². The minimum atomic E-state index is -0.817. The zero-order chi connectivity index (χ0) is 12.3. The van der Waals surface area contributed by atoms with Crippen molar-refractivity contribution in [3.8, 4) is 0 Å². The molecule has 1 fully saturated rings. The topological polar surface area (TPSA) is 72.8 Å². The van der Waals surface area contributed by atoms with Gasteiger partial charge in [0.15, 0.2) is 0 Å². The molecule has 0 aliphatic heterocycles. The van der Waals surface area contributed by atoms with E-state index in [-0.39, 0.29) is 12.0 Å². The Hall–Kier alpha value is -0.650. The highest BCUT2D eigenvalue weighted by atomic mass is 16.4. The summed E-state index contributed by atoms with van der Waals surface area (Å²) in [5.74, 6) is -1.02. The van der Waals surface area contributed by atoms with Crippen LogP contribution in [-0.4, -0.2) is 59.9 Å². The summed E-state index contributed by atoms with van der Waals surface area (Å²) in [7, 11) is 3.80. The van der Waals surface area contributed by atoms with Gasteiger partial charge in [0, 0.05) is 19.1 Å². The molecule has 5 heteroatoms. The summed E-state index contributed by atoms with van der Waals surface area (Å²) in [6, 6.07) is 0.0196. The first kappa shape index (κ1) is 13.4. The molecule has 0 amide bonds. The van der Waals surface area contributed by atoms with Crippen molar-refractivity contribution in [1.82, 2.24) is 10.2 Å². The van der Waals surface area contributed by atoms with Gasteiger partial charge in [-0.15, -0.1) is 0 Å². The van der Waals surface area contributed by atoms with Gasteiger partial charge in [0.1, 0.15) is 0 Å². The van der Waals surface area contributed by atoms with E-state index in [1.54, 1.807) is 6.92 Å². The fourth-order valence-corrected chi connectivity index (χ4v) is 2.13. The minimum absolute atomic E-state index is 0.0196. The average Bonchev–Trinajstić information content (AvgIpc) is 1.97. The number of carboxylic acid groups (broad SMARTS) is 1. The van der Waals surface area contributed by atoms with Gasteiger partial charge < -0.3 is 20.4 Å². The van der Waals surface area contributed by atoms with Gasteiger partial charge in [-0.2, -0.15) is 0 Å². The molecule has 1 rings (SSSR count). The number of aliphatic carboxylic acids is 1. The van der Waals surface area contributed by atoms with E-state index < -0.39 is 11.6 Å².